The van der Waals surface area contributed by atoms with Crippen LogP contribution in [0.15, 0.2) is 42.5 Å². The Labute approximate surface area is 191 Å². The van der Waals surface area contributed by atoms with E-state index < -0.39 is 12.0 Å². The maximum atomic E-state index is 13.0. The molecule has 2 N–H and O–H groups in total. The van der Waals surface area contributed by atoms with Gasteiger partial charge in [0.1, 0.15) is 5.75 Å². The molecule has 2 heterocycles. The molecule has 33 heavy (non-hydrogen) atoms. The summed E-state index contributed by atoms with van der Waals surface area (Å²) in [6.07, 6.45) is 1.72. The van der Waals surface area contributed by atoms with Gasteiger partial charge in [-0.25, -0.2) is 0 Å². The molecule has 2 aromatic rings. The molecule has 3 aliphatic rings. The number of carbonyl (C=O) groups excluding carboxylic acids is 4. The average molecular weight is 447 g/mol. The molecular weight excluding hydrogens is 422 g/mol. The lowest BCUT2D eigenvalue weighted by molar-refractivity contribution is -0.123. The van der Waals surface area contributed by atoms with Crippen LogP contribution in [0.1, 0.15) is 52.5 Å². The number of Topliss-reactive ketones (excluding diaryl/α,β-unsaturated/α-hetero) is 1. The molecule has 3 amide bonds. The molecule has 1 atom stereocenters. The first kappa shape index (κ1) is 21.2. The summed E-state index contributed by atoms with van der Waals surface area (Å²) < 4.78 is 5.92. The van der Waals surface area contributed by atoms with Gasteiger partial charge in [-0.1, -0.05) is 13.0 Å². The Hall–Kier alpha value is -3.68. The fourth-order valence-corrected chi connectivity index (χ4v) is 4.46. The Morgan fingerprint density at radius 1 is 1.12 bits per heavy atom. The number of carbonyl (C=O) groups is 4. The van der Waals surface area contributed by atoms with Crippen molar-refractivity contribution in [2.24, 2.45) is 11.1 Å². The molecule has 170 valence electrons. The highest BCUT2D eigenvalue weighted by molar-refractivity contribution is 6.04. The highest BCUT2D eigenvalue weighted by atomic mass is 16.5. The molecule has 8 heteroatoms. The average Bonchev–Trinajstić information content (AvgIpc) is 3.35. The summed E-state index contributed by atoms with van der Waals surface area (Å²) in [5.41, 5.74) is 7.57. The van der Waals surface area contributed by atoms with Gasteiger partial charge in [-0.2, -0.15) is 0 Å². The van der Waals surface area contributed by atoms with Crippen LogP contribution >= 0.6 is 0 Å². The van der Waals surface area contributed by atoms with E-state index in [1.165, 1.54) is 4.90 Å². The molecule has 1 saturated carbocycles. The minimum absolute atomic E-state index is 0.134. The van der Waals surface area contributed by atoms with Crippen LogP contribution in [0.25, 0.3) is 0 Å². The number of primary amides is 1. The second kappa shape index (κ2) is 7.72. The van der Waals surface area contributed by atoms with E-state index in [9.17, 15) is 19.2 Å². The Bertz CT molecular complexity index is 1170. The van der Waals surface area contributed by atoms with Crippen LogP contribution in [0.3, 0.4) is 0 Å². The van der Waals surface area contributed by atoms with Gasteiger partial charge < -0.3 is 20.3 Å². The second-order valence-electron chi connectivity index (χ2n) is 9.27. The lowest BCUT2D eigenvalue weighted by atomic mass is 9.97. The van der Waals surface area contributed by atoms with E-state index in [4.69, 9.17) is 10.5 Å². The molecule has 2 aromatic carbocycles. The van der Waals surface area contributed by atoms with Crippen LogP contribution < -0.4 is 15.4 Å². The predicted molar refractivity (Wildman–Crippen MR) is 120 cm³/mol. The summed E-state index contributed by atoms with van der Waals surface area (Å²) in [6.45, 7) is 2.64. The fraction of sp³-hybridized carbons (Fsp3) is 0.360. The van der Waals surface area contributed by atoms with Crippen LogP contribution in [-0.4, -0.2) is 47.6 Å². The summed E-state index contributed by atoms with van der Waals surface area (Å²) in [7, 11) is 0. The molecule has 0 unspecified atom stereocenters. The third-order valence-corrected chi connectivity index (χ3v) is 6.73. The largest absolute Gasteiger partial charge is 0.481 e. The standard InChI is InChI=1S/C25H25N3O5/c1-25(9-10-25)22(30)15-3-6-18(7-4-15)33-20-8-11-28(24(20)32)17-5-2-16-13-27(14-21(26)29)23(31)19(16)12-17/h2-7,12,20H,8-11,13-14H2,1H3,(H2,26,29)/t20-/m1/s1. The van der Waals surface area contributed by atoms with Gasteiger partial charge in [0, 0.05) is 41.7 Å². The van der Waals surface area contributed by atoms with Gasteiger partial charge in [-0.3, -0.25) is 19.2 Å². The zero-order valence-corrected chi connectivity index (χ0v) is 18.4. The molecule has 0 bridgehead atoms. The number of ether oxygens (including phenoxy) is 1. The Morgan fingerprint density at radius 3 is 2.52 bits per heavy atom. The van der Waals surface area contributed by atoms with Crippen molar-refractivity contribution < 1.29 is 23.9 Å². The summed E-state index contributed by atoms with van der Waals surface area (Å²) in [5.74, 6) is -0.318. The molecule has 1 saturated heterocycles. The molecule has 2 fully saturated rings. The van der Waals surface area contributed by atoms with E-state index in [0.29, 0.717) is 42.1 Å². The predicted octanol–water partition coefficient (Wildman–Crippen LogP) is 2.29. The van der Waals surface area contributed by atoms with Crippen molar-refractivity contribution in [1.29, 1.82) is 0 Å². The highest BCUT2D eigenvalue weighted by Gasteiger charge is 2.45. The van der Waals surface area contributed by atoms with Crippen LogP contribution in [0.5, 0.6) is 5.75 Å². The smallest absolute Gasteiger partial charge is 0.268 e. The first-order chi connectivity index (χ1) is 15.7. The lowest BCUT2D eigenvalue weighted by Crippen LogP contribution is -2.34. The number of fused-ring (bicyclic) bond motifs is 1. The van der Waals surface area contributed by atoms with E-state index in [0.717, 1.165) is 18.4 Å². The van der Waals surface area contributed by atoms with Crippen molar-refractivity contribution in [3.05, 3.63) is 59.2 Å². The van der Waals surface area contributed by atoms with Crippen LogP contribution in [0, 0.1) is 5.41 Å². The molecule has 2 aliphatic heterocycles. The zero-order chi connectivity index (χ0) is 23.3. The van der Waals surface area contributed by atoms with Crippen molar-refractivity contribution in [3.63, 3.8) is 0 Å². The van der Waals surface area contributed by atoms with E-state index in [1.54, 1.807) is 47.4 Å². The molecule has 8 nitrogen and oxygen atoms in total. The van der Waals surface area contributed by atoms with Gasteiger partial charge in [0.2, 0.25) is 5.91 Å². The number of benzene rings is 2. The Kier molecular flexibility index (Phi) is 4.96. The van der Waals surface area contributed by atoms with Gasteiger partial charge in [-0.05, 0) is 54.8 Å². The van der Waals surface area contributed by atoms with Crippen molar-refractivity contribution in [1.82, 2.24) is 4.90 Å². The van der Waals surface area contributed by atoms with E-state index in [-0.39, 0.29) is 29.6 Å². The van der Waals surface area contributed by atoms with E-state index >= 15 is 0 Å². The maximum Gasteiger partial charge on any atom is 0.268 e. The van der Waals surface area contributed by atoms with Crippen LogP contribution in [-0.2, 0) is 16.1 Å². The summed E-state index contributed by atoms with van der Waals surface area (Å²) in [5, 5.41) is 0. The number of amides is 3. The molecule has 0 radical (unpaired) electrons. The molecule has 0 aromatic heterocycles. The quantitative estimate of drug-likeness (QED) is 0.655. The maximum absolute atomic E-state index is 13.0. The van der Waals surface area contributed by atoms with E-state index in [2.05, 4.69) is 0 Å². The van der Waals surface area contributed by atoms with Crippen LogP contribution in [0.2, 0.25) is 0 Å². The summed E-state index contributed by atoms with van der Waals surface area (Å²) in [6, 6.07) is 12.3. The number of hydrogen-bond donors (Lipinski definition) is 1. The Morgan fingerprint density at radius 2 is 1.85 bits per heavy atom. The number of rotatable bonds is 7. The van der Waals surface area contributed by atoms with Crippen molar-refractivity contribution >= 4 is 29.2 Å². The second-order valence-corrected chi connectivity index (χ2v) is 9.27. The van der Waals surface area contributed by atoms with Crippen molar-refractivity contribution in [2.45, 2.75) is 38.8 Å². The van der Waals surface area contributed by atoms with Crippen molar-refractivity contribution in [2.75, 3.05) is 18.0 Å². The normalized spacial score (nSPS) is 20.7. The topological polar surface area (TPSA) is 110 Å². The number of nitrogens with zero attached hydrogens (tertiary/aromatic N) is 2. The summed E-state index contributed by atoms with van der Waals surface area (Å²) in [4.78, 5) is 52.3. The SMILES string of the molecule is CC1(C(=O)c2ccc(O[C@@H]3CCN(c4ccc5c(c4)C(=O)N(CC(N)=O)C5)C3=O)cc2)CC1. The van der Waals surface area contributed by atoms with Gasteiger partial charge in [0.15, 0.2) is 11.9 Å². The number of ketones is 1. The van der Waals surface area contributed by atoms with E-state index in [1.807, 2.05) is 6.92 Å². The minimum Gasteiger partial charge on any atom is -0.481 e. The number of nitrogens with two attached hydrogens (primary N) is 1. The van der Waals surface area contributed by atoms with Gasteiger partial charge >= 0.3 is 0 Å². The molecular formula is C25H25N3O5. The summed E-state index contributed by atoms with van der Waals surface area (Å²) >= 11 is 0. The number of anilines is 1. The van der Waals surface area contributed by atoms with Gasteiger partial charge in [0.25, 0.3) is 11.8 Å². The van der Waals surface area contributed by atoms with Gasteiger partial charge in [-0.15, -0.1) is 0 Å². The number of hydrogen-bond acceptors (Lipinski definition) is 5. The van der Waals surface area contributed by atoms with Crippen LogP contribution in [0.4, 0.5) is 5.69 Å². The molecule has 0 spiro atoms. The molecule has 5 rings (SSSR count). The minimum atomic E-state index is -0.636. The fourth-order valence-electron chi connectivity index (χ4n) is 4.46. The van der Waals surface area contributed by atoms with Gasteiger partial charge in [0.05, 0.1) is 6.54 Å². The third-order valence-electron chi connectivity index (χ3n) is 6.73. The highest BCUT2D eigenvalue weighted by Crippen LogP contribution is 2.47. The molecule has 1 aliphatic carbocycles. The Balaban J connectivity index is 1.26. The monoisotopic (exact) mass is 447 g/mol. The van der Waals surface area contributed by atoms with Crippen molar-refractivity contribution in [3.8, 4) is 5.75 Å². The zero-order valence-electron chi connectivity index (χ0n) is 18.4. The lowest BCUT2D eigenvalue weighted by Gasteiger charge is -2.18. The first-order valence-electron chi connectivity index (χ1n) is 11.1. The first-order valence-corrected chi connectivity index (χ1v) is 11.1. The third kappa shape index (κ3) is 3.86.